The second-order valence-corrected chi connectivity index (χ2v) is 10.1. The van der Waals surface area contributed by atoms with Gasteiger partial charge in [-0.2, -0.15) is 0 Å². The lowest BCUT2D eigenvalue weighted by Gasteiger charge is -2.37. The zero-order valence-electron chi connectivity index (χ0n) is 20.6. The van der Waals surface area contributed by atoms with Crippen molar-refractivity contribution in [1.82, 2.24) is 14.8 Å². The van der Waals surface area contributed by atoms with E-state index in [1.54, 1.807) is 0 Å². The molecule has 7 nitrogen and oxygen atoms in total. The van der Waals surface area contributed by atoms with Crippen LogP contribution in [-0.2, 0) is 21.7 Å². The molecule has 0 radical (unpaired) electrons. The summed E-state index contributed by atoms with van der Waals surface area (Å²) in [6, 6.07) is 13.6. The number of rotatable bonds is 7. The van der Waals surface area contributed by atoms with Crippen LogP contribution in [0, 0.1) is 5.92 Å². The van der Waals surface area contributed by atoms with Gasteiger partial charge in [0.1, 0.15) is 12.2 Å². The van der Waals surface area contributed by atoms with E-state index < -0.39 is 11.6 Å². The van der Waals surface area contributed by atoms with E-state index in [1.165, 1.54) is 19.3 Å². The zero-order valence-corrected chi connectivity index (χ0v) is 20.6. The minimum Gasteiger partial charge on any atom is -0.473 e. The Balaban J connectivity index is 1.17. The number of benzene rings is 1. The molecule has 0 N–H and O–H groups in total. The Bertz CT molecular complexity index is 1040. The number of esters is 1. The Morgan fingerprint density at radius 2 is 1.86 bits per heavy atom. The van der Waals surface area contributed by atoms with Crippen LogP contribution in [0.3, 0.4) is 0 Å². The molecule has 1 amide bonds. The van der Waals surface area contributed by atoms with Crippen LogP contribution in [0.1, 0.15) is 66.6 Å². The van der Waals surface area contributed by atoms with Gasteiger partial charge in [-0.05, 0) is 63.2 Å². The van der Waals surface area contributed by atoms with E-state index in [4.69, 9.17) is 9.47 Å². The predicted octanol–water partition coefficient (Wildman–Crippen LogP) is 4.16. The van der Waals surface area contributed by atoms with Gasteiger partial charge in [0.05, 0.1) is 0 Å². The maximum Gasteiger partial charge on any atom is 0.358 e. The molecule has 0 bridgehead atoms. The van der Waals surface area contributed by atoms with Gasteiger partial charge in [0.25, 0.3) is 0 Å². The standard InChI is InChI=1S/C28H35N3O4/c1-30(18-19-31-16-6-3-7-17-31)26(32)22-12-14-28(15-13-22)23-10-11-24(29-25(23)27(33)35-28)34-20-21-8-4-2-5-9-21/h2,4-5,8-11,22H,3,6-7,12-20H2,1H3/t22-,28-. The maximum atomic E-state index is 13.1. The predicted molar refractivity (Wildman–Crippen MR) is 132 cm³/mol. The van der Waals surface area contributed by atoms with Gasteiger partial charge < -0.3 is 19.3 Å². The zero-order chi connectivity index (χ0) is 24.3. The molecule has 186 valence electrons. The topological polar surface area (TPSA) is 72.0 Å². The van der Waals surface area contributed by atoms with Crippen molar-refractivity contribution < 1.29 is 19.1 Å². The van der Waals surface area contributed by atoms with Crippen LogP contribution in [-0.4, -0.2) is 59.9 Å². The summed E-state index contributed by atoms with van der Waals surface area (Å²) in [6.07, 6.45) is 6.57. The van der Waals surface area contributed by atoms with Crippen molar-refractivity contribution >= 4 is 11.9 Å². The Kier molecular flexibility index (Phi) is 7.04. The Hall–Kier alpha value is -2.93. The van der Waals surface area contributed by atoms with Gasteiger partial charge in [-0.25, -0.2) is 9.78 Å². The average molecular weight is 478 g/mol. The highest BCUT2D eigenvalue weighted by molar-refractivity contribution is 5.93. The Morgan fingerprint density at radius 1 is 1.11 bits per heavy atom. The van der Waals surface area contributed by atoms with Gasteiger partial charge in [-0.15, -0.1) is 0 Å². The second kappa shape index (κ2) is 10.4. The van der Waals surface area contributed by atoms with Crippen molar-refractivity contribution in [3.8, 4) is 5.88 Å². The van der Waals surface area contributed by atoms with Gasteiger partial charge in [-0.3, -0.25) is 4.79 Å². The highest BCUT2D eigenvalue weighted by Crippen LogP contribution is 2.48. The van der Waals surface area contributed by atoms with Crippen LogP contribution in [0.5, 0.6) is 5.88 Å². The molecule has 0 atom stereocenters. The first kappa shape index (κ1) is 23.8. The number of ether oxygens (including phenoxy) is 2. The molecule has 0 unspecified atom stereocenters. The summed E-state index contributed by atoms with van der Waals surface area (Å²) in [4.78, 5) is 34.6. The van der Waals surface area contributed by atoms with E-state index in [-0.39, 0.29) is 11.8 Å². The number of fused-ring (bicyclic) bond motifs is 2. The molecule has 35 heavy (non-hydrogen) atoms. The van der Waals surface area contributed by atoms with E-state index in [9.17, 15) is 9.59 Å². The van der Waals surface area contributed by atoms with Crippen LogP contribution in [0.4, 0.5) is 0 Å². The number of hydrogen-bond donors (Lipinski definition) is 0. The van der Waals surface area contributed by atoms with Crippen LogP contribution in [0.2, 0.25) is 0 Å². The lowest BCUT2D eigenvalue weighted by atomic mass is 9.75. The highest BCUT2D eigenvalue weighted by atomic mass is 16.6. The number of piperidine rings is 1. The molecule has 1 saturated heterocycles. The van der Waals surface area contributed by atoms with Crippen LogP contribution in [0.15, 0.2) is 42.5 Å². The van der Waals surface area contributed by atoms with Crippen LogP contribution < -0.4 is 4.74 Å². The minimum absolute atomic E-state index is 0.0174. The molecule has 1 saturated carbocycles. The Morgan fingerprint density at radius 3 is 2.60 bits per heavy atom. The number of carbonyl (C=O) groups is 2. The third-order valence-corrected chi connectivity index (χ3v) is 7.79. The number of hydrogen-bond acceptors (Lipinski definition) is 6. The van der Waals surface area contributed by atoms with Gasteiger partial charge in [0.2, 0.25) is 11.8 Å². The van der Waals surface area contributed by atoms with Crippen molar-refractivity contribution in [2.45, 2.75) is 57.2 Å². The van der Waals surface area contributed by atoms with Crippen molar-refractivity contribution in [3.05, 3.63) is 59.3 Å². The molecule has 2 fully saturated rings. The normalized spacial score (nSPS) is 24.1. The molecular weight excluding hydrogens is 442 g/mol. The van der Waals surface area contributed by atoms with E-state index in [1.807, 2.05) is 54.4 Å². The molecule has 1 spiro atoms. The molecule has 3 heterocycles. The summed E-state index contributed by atoms with van der Waals surface area (Å²) >= 11 is 0. The largest absolute Gasteiger partial charge is 0.473 e. The molecule has 1 aromatic heterocycles. The fourth-order valence-electron chi connectivity index (χ4n) is 5.66. The third-order valence-electron chi connectivity index (χ3n) is 7.79. The summed E-state index contributed by atoms with van der Waals surface area (Å²) in [5.74, 6) is 0.217. The lowest BCUT2D eigenvalue weighted by molar-refractivity contribution is -0.137. The molecule has 5 rings (SSSR count). The van der Waals surface area contributed by atoms with E-state index >= 15 is 0 Å². The summed E-state index contributed by atoms with van der Waals surface area (Å²) < 4.78 is 11.7. The lowest BCUT2D eigenvalue weighted by Crippen LogP contribution is -2.43. The molecule has 3 aliphatic rings. The van der Waals surface area contributed by atoms with Crippen molar-refractivity contribution in [3.63, 3.8) is 0 Å². The van der Waals surface area contributed by atoms with Gasteiger partial charge in [-0.1, -0.05) is 36.8 Å². The SMILES string of the molecule is CN(CCN1CCCCC1)C(=O)[C@H]1CC[C@@]2(CC1)OC(=O)c1nc(OCc3ccccc3)ccc12. The molecule has 1 aromatic carbocycles. The molecule has 7 heteroatoms. The van der Waals surface area contributed by atoms with Gasteiger partial charge in [0.15, 0.2) is 5.69 Å². The van der Waals surface area contributed by atoms with E-state index in [2.05, 4.69) is 9.88 Å². The van der Waals surface area contributed by atoms with Gasteiger partial charge >= 0.3 is 5.97 Å². The maximum absolute atomic E-state index is 13.1. The third kappa shape index (κ3) is 5.20. The molecular formula is C28H35N3O4. The number of nitrogens with zero attached hydrogens (tertiary/aromatic N) is 3. The van der Waals surface area contributed by atoms with Crippen LogP contribution in [0.25, 0.3) is 0 Å². The van der Waals surface area contributed by atoms with Crippen molar-refractivity contribution in [2.75, 3.05) is 33.2 Å². The number of likely N-dealkylation sites (tertiary alicyclic amines) is 1. The number of likely N-dealkylation sites (N-methyl/N-ethyl adjacent to an activating group) is 1. The molecule has 2 aliphatic heterocycles. The Labute approximate surface area is 207 Å². The number of aromatic nitrogens is 1. The first-order valence-corrected chi connectivity index (χ1v) is 12.9. The first-order chi connectivity index (χ1) is 17.0. The van der Waals surface area contributed by atoms with Gasteiger partial charge in [0, 0.05) is 37.7 Å². The number of carbonyl (C=O) groups excluding carboxylic acids is 2. The molecule has 1 aliphatic carbocycles. The summed E-state index contributed by atoms with van der Waals surface area (Å²) in [7, 11) is 1.92. The minimum atomic E-state index is -0.666. The number of amides is 1. The summed E-state index contributed by atoms with van der Waals surface area (Å²) in [5, 5.41) is 0. The second-order valence-electron chi connectivity index (χ2n) is 10.1. The summed E-state index contributed by atoms with van der Waals surface area (Å²) in [5.41, 5.74) is 1.55. The quantitative estimate of drug-likeness (QED) is 0.558. The van der Waals surface area contributed by atoms with Crippen molar-refractivity contribution in [1.29, 1.82) is 0 Å². The fourth-order valence-corrected chi connectivity index (χ4v) is 5.66. The highest BCUT2D eigenvalue weighted by Gasteiger charge is 2.49. The number of pyridine rings is 1. The van der Waals surface area contributed by atoms with Crippen LogP contribution >= 0.6 is 0 Å². The monoisotopic (exact) mass is 477 g/mol. The van der Waals surface area contributed by atoms with Crippen molar-refractivity contribution in [2.24, 2.45) is 5.92 Å². The fraction of sp³-hybridized carbons (Fsp3) is 0.536. The van der Waals surface area contributed by atoms with E-state index in [0.717, 1.165) is 37.3 Å². The van der Waals surface area contributed by atoms with E-state index in [0.29, 0.717) is 43.9 Å². The summed E-state index contributed by atoms with van der Waals surface area (Å²) in [6.45, 7) is 4.40. The smallest absolute Gasteiger partial charge is 0.358 e. The first-order valence-electron chi connectivity index (χ1n) is 12.9. The average Bonchev–Trinajstić information content (AvgIpc) is 3.17. The molecule has 2 aromatic rings.